The summed E-state index contributed by atoms with van der Waals surface area (Å²) in [6.45, 7) is 0. The maximum absolute atomic E-state index is 10.4. The second-order valence-electron chi connectivity index (χ2n) is 4.58. The first kappa shape index (κ1) is 13.1. The fraction of sp³-hybridized carbons (Fsp3) is 0.0625. The van der Waals surface area contributed by atoms with E-state index in [1.165, 1.54) is 18.3 Å². The van der Waals surface area contributed by atoms with Gasteiger partial charge in [0.25, 0.3) is 0 Å². The molecule has 2 aromatic carbocycles. The van der Waals surface area contributed by atoms with Crippen LogP contribution in [0.2, 0.25) is 0 Å². The highest BCUT2D eigenvalue weighted by Crippen LogP contribution is 2.40. The van der Waals surface area contributed by atoms with Crippen molar-refractivity contribution in [3.05, 3.63) is 42.6 Å². The van der Waals surface area contributed by atoms with Crippen LogP contribution in [0, 0.1) is 0 Å². The Labute approximate surface area is 120 Å². The summed E-state index contributed by atoms with van der Waals surface area (Å²) in [5.41, 5.74) is 1.12. The molecule has 1 aromatic heterocycles. The summed E-state index contributed by atoms with van der Waals surface area (Å²) in [5, 5.41) is 30.4. The summed E-state index contributed by atoms with van der Waals surface area (Å²) in [5.74, 6) is 0.118. The van der Waals surface area contributed by atoms with Crippen LogP contribution in [0.15, 0.2) is 42.6 Å². The van der Waals surface area contributed by atoms with Gasteiger partial charge in [0.15, 0.2) is 11.5 Å². The third kappa shape index (κ3) is 2.08. The number of rotatable bonds is 2. The molecule has 3 aromatic rings. The number of phenols is 2. The minimum Gasteiger partial charge on any atom is -0.505 e. The number of hydrogen-bond donors (Lipinski definition) is 3. The van der Waals surface area contributed by atoms with Crippen LogP contribution in [0.5, 0.6) is 23.0 Å². The monoisotopic (exact) mass is 283 g/mol. The normalized spacial score (nSPS) is 10.7. The van der Waals surface area contributed by atoms with Crippen molar-refractivity contribution in [2.75, 3.05) is 7.11 Å². The number of phenolic OH excluding ortho intramolecular Hbond substituents is 2. The number of methoxy groups -OCH3 is 1. The highest BCUT2D eigenvalue weighted by atomic mass is 16.5. The number of fused-ring (bicyclic) bond motifs is 1. The van der Waals surface area contributed by atoms with Gasteiger partial charge < -0.3 is 20.1 Å². The Morgan fingerprint density at radius 1 is 0.857 bits per heavy atom. The van der Waals surface area contributed by atoms with Gasteiger partial charge in [0, 0.05) is 22.5 Å². The van der Waals surface area contributed by atoms with Gasteiger partial charge in [-0.25, -0.2) is 0 Å². The lowest BCUT2D eigenvalue weighted by molar-refractivity contribution is 0.408. The van der Waals surface area contributed by atoms with Gasteiger partial charge in [-0.1, -0.05) is 0 Å². The van der Waals surface area contributed by atoms with Crippen molar-refractivity contribution in [1.29, 1.82) is 0 Å². The number of ether oxygens (including phenoxy) is 1. The van der Waals surface area contributed by atoms with Crippen molar-refractivity contribution >= 4 is 10.8 Å². The van der Waals surface area contributed by atoms with Crippen molar-refractivity contribution in [3.8, 4) is 34.3 Å². The zero-order valence-corrected chi connectivity index (χ0v) is 11.2. The van der Waals surface area contributed by atoms with Gasteiger partial charge in [-0.2, -0.15) is 0 Å². The van der Waals surface area contributed by atoms with E-state index in [4.69, 9.17) is 4.74 Å². The zero-order valence-electron chi connectivity index (χ0n) is 11.2. The predicted molar refractivity (Wildman–Crippen MR) is 78.7 cm³/mol. The Balaban J connectivity index is 2.19. The molecule has 3 N–H and O–H groups in total. The lowest BCUT2D eigenvalue weighted by Crippen LogP contribution is -1.88. The van der Waals surface area contributed by atoms with Gasteiger partial charge >= 0.3 is 0 Å². The highest BCUT2D eigenvalue weighted by Gasteiger charge is 2.14. The van der Waals surface area contributed by atoms with Crippen molar-refractivity contribution in [2.24, 2.45) is 0 Å². The lowest BCUT2D eigenvalue weighted by Gasteiger charge is -2.09. The lowest BCUT2D eigenvalue weighted by atomic mass is 10.0. The van der Waals surface area contributed by atoms with Gasteiger partial charge in [-0.15, -0.1) is 0 Å². The standard InChI is InChI=1S/C16H13NO4/c1-21-10-4-2-9(3-5-10)14-16(20)11-6-7-13(18)15(19)12(11)8-17-14/h2-8,18-20H,1H3. The van der Waals surface area contributed by atoms with Crippen molar-refractivity contribution < 1.29 is 20.1 Å². The second-order valence-corrected chi connectivity index (χ2v) is 4.58. The molecule has 0 aliphatic carbocycles. The quantitative estimate of drug-likeness (QED) is 0.630. The number of hydrogen-bond acceptors (Lipinski definition) is 5. The molecular formula is C16H13NO4. The average Bonchev–Trinajstić information content (AvgIpc) is 2.52. The first-order chi connectivity index (χ1) is 10.1. The minimum absolute atomic E-state index is 0.0482. The third-order valence-electron chi connectivity index (χ3n) is 3.36. The van der Waals surface area contributed by atoms with Gasteiger partial charge in [0.1, 0.15) is 17.2 Å². The third-order valence-corrected chi connectivity index (χ3v) is 3.36. The molecule has 0 bridgehead atoms. The molecule has 21 heavy (non-hydrogen) atoms. The van der Waals surface area contributed by atoms with Crippen LogP contribution < -0.4 is 4.74 Å². The number of aromatic hydroxyl groups is 3. The fourth-order valence-corrected chi connectivity index (χ4v) is 2.21. The first-order valence-electron chi connectivity index (χ1n) is 6.29. The van der Waals surface area contributed by atoms with E-state index in [2.05, 4.69) is 4.98 Å². The van der Waals surface area contributed by atoms with Crippen molar-refractivity contribution in [2.45, 2.75) is 0 Å². The average molecular weight is 283 g/mol. The van der Waals surface area contributed by atoms with E-state index in [9.17, 15) is 15.3 Å². The Morgan fingerprint density at radius 3 is 2.24 bits per heavy atom. The summed E-state index contributed by atoms with van der Waals surface area (Å²) in [4.78, 5) is 4.17. The van der Waals surface area contributed by atoms with E-state index in [1.807, 2.05) is 0 Å². The minimum atomic E-state index is -0.295. The van der Waals surface area contributed by atoms with E-state index in [0.717, 1.165) is 5.56 Å². The van der Waals surface area contributed by atoms with E-state index in [0.29, 0.717) is 22.2 Å². The van der Waals surface area contributed by atoms with Gasteiger partial charge in [0.05, 0.1) is 7.11 Å². The molecule has 106 valence electrons. The summed E-state index contributed by atoms with van der Waals surface area (Å²) >= 11 is 0. The molecule has 0 aliphatic heterocycles. The Morgan fingerprint density at radius 2 is 1.57 bits per heavy atom. The first-order valence-corrected chi connectivity index (χ1v) is 6.29. The van der Waals surface area contributed by atoms with Gasteiger partial charge in [-0.05, 0) is 36.4 Å². The molecule has 0 atom stereocenters. The predicted octanol–water partition coefficient (Wildman–Crippen LogP) is 3.03. The molecule has 0 saturated carbocycles. The molecule has 0 fully saturated rings. The molecular weight excluding hydrogens is 270 g/mol. The van der Waals surface area contributed by atoms with Crippen LogP contribution >= 0.6 is 0 Å². The maximum Gasteiger partial charge on any atom is 0.167 e. The molecule has 0 spiro atoms. The molecule has 3 rings (SSSR count). The van der Waals surface area contributed by atoms with Crippen molar-refractivity contribution in [3.63, 3.8) is 0 Å². The molecule has 0 unspecified atom stereocenters. The molecule has 5 heteroatoms. The van der Waals surface area contributed by atoms with Crippen LogP contribution in [-0.4, -0.2) is 27.4 Å². The molecule has 0 amide bonds. The second kappa shape index (κ2) is 4.86. The molecule has 1 heterocycles. The number of aromatic nitrogens is 1. The van der Waals surface area contributed by atoms with Crippen LogP contribution in [0.1, 0.15) is 0 Å². The largest absolute Gasteiger partial charge is 0.505 e. The summed E-state index contributed by atoms with van der Waals surface area (Å²) in [6, 6.07) is 9.98. The van der Waals surface area contributed by atoms with Gasteiger partial charge in [0.2, 0.25) is 0 Å². The SMILES string of the molecule is COc1ccc(-c2ncc3c(O)c(O)ccc3c2O)cc1. The molecule has 0 saturated heterocycles. The number of nitrogens with zero attached hydrogens (tertiary/aromatic N) is 1. The van der Waals surface area contributed by atoms with Crippen LogP contribution in [-0.2, 0) is 0 Å². The molecule has 5 nitrogen and oxygen atoms in total. The Kier molecular flexibility index (Phi) is 3.02. The van der Waals surface area contributed by atoms with Crippen molar-refractivity contribution in [1.82, 2.24) is 4.98 Å². The Bertz CT molecular complexity index is 813. The topological polar surface area (TPSA) is 82.8 Å². The van der Waals surface area contributed by atoms with E-state index in [1.54, 1.807) is 31.4 Å². The number of pyridine rings is 1. The summed E-state index contributed by atoms with van der Waals surface area (Å²) < 4.78 is 5.09. The highest BCUT2D eigenvalue weighted by molar-refractivity contribution is 5.97. The Hall–Kier alpha value is -2.95. The van der Waals surface area contributed by atoms with E-state index >= 15 is 0 Å². The van der Waals surface area contributed by atoms with Gasteiger partial charge in [-0.3, -0.25) is 4.98 Å². The smallest absolute Gasteiger partial charge is 0.167 e. The molecule has 0 aliphatic rings. The van der Waals surface area contributed by atoms with E-state index in [-0.39, 0.29) is 17.2 Å². The zero-order chi connectivity index (χ0) is 15.0. The molecule has 0 radical (unpaired) electrons. The summed E-state index contributed by atoms with van der Waals surface area (Å²) in [6.07, 6.45) is 1.42. The van der Waals surface area contributed by atoms with Crippen LogP contribution in [0.4, 0.5) is 0 Å². The van der Waals surface area contributed by atoms with E-state index < -0.39 is 0 Å². The summed E-state index contributed by atoms with van der Waals surface area (Å²) in [7, 11) is 1.58. The number of benzene rings is 2. The maximum atomic E-state index is 10.4. The van der Waals surface area contributed by atoms with Crippen LogP contribution in [0.3, 0.4) is 0 Å². The fourth-order valence-electron chi connectivity index (χ4n) is 2.21. The van der Waals surface area contributed by atoms with Crippen LogP contribution in [0.25, 0.3) is 22.0 Å².